The summed E-state index contributed by atoms with van der Waals surface area (Å²) in [5.74, 6) is 0.471. The average molecular weight is 479 g/mol. The molecule has 4 aromatic rings. The molecular weight excluding hydrogens is 456 g/mol. The summed E-state index contributed by atoms with van der Waals surface area (Å²) in [5, 5.41) is 8.44. The van der Waals surface area contributed by atoms with Gasteiger partial charge in [-0.1, -0.05) is 36.0 Å². The lowest BCUT2D eigenvalue weighted by atomic mass is 10.2. The molecule has 0 aliphatic rings. The fourth-order valence-corrected chi connectivity index (χ4v) is 4.55. The number of hydrogen-bond acceptors (Lipinski definition) is 6. The van der Waals surface area contributed by atoms with Crippen LogP contribution in [0.3, 0.4) is 0 Å². The number of rotatable bonds is 9. The number of para-hydroxylation sites is 2. The molecule has 0 bridgehead atoms. The van der Waals surface area contributed by atoms with Gasteiger partial charge in [0, 0.05) is 28.5 Å². The second kappa shape index (κ2) is 10.8. The molecule has 0 saturated carbocycles. The first-order valence-electron chi connectivity index (χ1n) is 10.1. The molecule has 7 nitrogen and oxygen atoms in total. The van der Waals surface area contributed by atoms with Crippen molar-refractivity contribution in [3.05, 3.63) is 88.9 Å². The minimum atomic E-state index is -0.166. The second-order valence-electron chi connectivity index (χ2n) is 6.93. The average Bonchev–Trinajstić information content (AvgIpc) is 3.54. The van der Waals surface area contributed by atoms with Gasteiger partial charge in [-0.2, -0.15) is 0 Å². The van der Waals surface area contributed by atoms with E-state index in [4.69, 9.17) is 4.74 Å². The van der Waals surface area contributed by atoms with Crippen molar-refractivity contribution in [1.82, 2.24) is 14.9 Å². The number of imidazole rings is 1. The summed E-state index contributed by atoms with van der Waals surface area (Å²) in [6.07, 6.45) is 3.48. The Kier molecular flexibility index (Phi) is 7.43. The first-order chi connectivity index (χ1) is 16.1. The fraction of sp³-hybridized carbons (Fsp3) is 0.125. The minimum absolute atomic E-state index is 0.143. The highest BCUT2D eigenvalue weighted by molar-refractivity contribution is 7.99. The lowest BCUT2D eigenvalue weighted by molar-refractivity contribution is -0.113. The maximum atomic E-state index is 12.6. The van der Waals surface area contributed by atoms with E-state index in [1.54, 1.807) is 42.8 Å². The molecular formula is C24H22N4O3S2. The Hall–Kier alpha value is -3.56. The molecule has 2 amide bonds. The van der Waals surface area contributed by atoms with Crippen molar-refractivity contribution in [2.45, 2.75) is 11.7 Å². The quantitative estimate of drug-likeness (QED) is 0.343. The molecule has 0 radical (unpaired) electrons. The summed E-state index contributed by atoms with van der Waals surface area (Å²) in [7, 11) is 1.56. The van der Waals surface area contributed by atoms with Crippen molar-refractivity contribution in [3.8, 4) is 11.4 Å². The molecule has 4 rings (SSSR count). The number of carbonyl (C=O) groups excluding carboxylic acids is 2. The van der Waals surface area contributed by atoms with Crippen LogP contribution in [0.5, 0.6) is 5.75 Å². The van der Waals surface area contributed by atoms with Crippen LogP contribution in [0, 0.1) is 0 Å². The van der Waals surface area contributed by atoms with E-state index in [1.165, 1.54) is 11.8 Å². The van der Waals surface area contributed by atoms with Gasteiger partial charge < -0.3 is 15.4 Å². The molecule has 2 aromatic heterocycles. The molecule has 2 N–H and O–H groups in total. The van der Waals surface area contributed by atoms with Crippen LogP contribution in [-0.2, 0) is 11.3 Å². The number of nitrogens with zero attached hydrogens (tertiary/aromatic N) is 2. The standard InChI is InChI=1S/C24H22N4O3S2/c1-31-21-10-3-2-9-20(21)27-22(29)16-33-24-25-11-12-28(24)18-7-4-6-17(14-18)23(30)26-15-19-8-5-13-32-19/h2-14H,15-16H2,1H3,(H,26,30)(H,27,29). The van der Waals surface area contributed by atoms with Crippen molar-refractivity contribution in [2.75, 3.05) is 18.2 Å². The largest absolute Gasteiger partial charge is 0.495 e. The van der Waals surface area contributed by atoms with Crippen molar-refractivity contribution < 1.29 is 14.3 Å². The van der Waals surface area contributed by atoms with Crippen LogP contribution < -0.4 is 15.4 Å². The Morgan fingerprint density at radius 1 is 1.12 bits per heavy atom. The zero-order valence-electron chi connectivity index (χ0n) is 17.9. The van der Waals surface area contributed by atoms with Crippen LogP contribution in [-0.4, -0.2) is 34.2 Å². The Morgan fingerprint density at radius 2 is 2.00 bits per heavy atom. The number of thioether (sulfide) groups is 1. The molecule has 9 heteroatoms. The van der Waals surface area contributed by atoms with E-state index >= 15 is 0 Å². The third-order valence-corrected chi connectivity index (χ3v) is 6.55. The van der Waals surface area contributed by atoms with Gasteiger partial charge in [0.25, 0.3) is 5.91 Å². The summed E-state index contributed by atoms with van der Waals surface area (Å²) in [5.41, 5.74) is 1.97. The number of anilines is 1. The molecule has 0 fully saturated rings. The molecule has 0 aliphatic carbocycles. The van der Waals surface area contributed by atoms with E-state index in [2.05, 4.69) is 15.6 Å². The molecule has 0 aliphatic heterocycles. The van der Waals surface area contributed by atoms with Gasteiger partial charge in [0.2, 0.25) is 5.91 Å². The van der Waals surface area contributed by atoms with Crippen molar-refractivity contribution in [1.29, 1.82) is 0 Å². The first kappa shape index (κ1) is 22.6. The topological polar surface area (TPSA) is 85.2 Å². The molecule has 0 spiro atoms. The Bertz CT molecular complexity index is 1240. The maximum absolute atomic E-state index is 12.6. The number of thiophene rings is 1. The van der Waals surface area contributed by atoms with Crippen LogP contribution in [0.15, 0.2) is 83.6 Å². The zero-order valence-corrected chi connectivity index (χ0v) is 19.5. The smallest absolute Gasteiger partial charge is 0.251 e. The Morgan fingerprint density at radius 3 is 2.82 bits per heavy atom. The van der Waals surface area contributed by atoms with Gasteiger partial charge in [-0.25, -0.2) is 4.98 Å². The molecule has 0 saturated heterocycles. The number of ether oxygens (including phenoxy) is 1. The highest BCUT2D eigenvalue weighted by atomic mass is 32.2. The molecule has 0 atom stereocenters. The lowest BCUT2D eigenvalue weighted by Gasteiger charge is -2.11. The normalized spacial score (nSPS) is 10.6. The van der Waals surface area contributed by atoms with E-state index < -0.39 is 0 Å². The number of carbonyl (C=O) groups is 2. The van der Waals surface area contributed by atoms with E-state index in [9.17, 15) is 9.59 Å². The van der Waals surface area contributed by atoms with E-state index in [-0.39, 0.29) is 17.6 Å². The highest BCUT2D eigenvalue weighted by Crippen LogP contribution is 2.25. The minimum Gasteiger partial charge on any atom is -0.495 e. The van der Waals surface area contributed by atoms with Crippen LogP contribution >= 0.6 is 23.1 Å². The SMILES string of the molecule is COc1ccccc1NC(=O)CSc1nccn1-c1cccc(C(=O)NCc2cccs2)c1. The number of aromatic nitrogens is 2. The van der Waals surface area contributed by atoms with Crippen molar-refractivity contribution >= 4 is 40.6 Å². The van der Waals surface area contributed by atoms with E-state index in [1.807, 2.05) is 58.6 Å². The summed E-state index contributed by atoms with van der Waals surface area (Å²) in [4.78, 5) is 30.5. The summed E-state index contributed by atoms with van der Waals surface area (Å²) in [6, 6.07) is 18.5. The molecule has 33 heavy (non-hydrogen) atoms. The predicted molar refractivity (Wildman–Crippen MR) is 131 cm³/mol. The van der Waals surface area contributed by atoms with Gasteiger partial charge >= 0.3 is 0 Å². The maximum Gasteiger partial charge on any atom is 0.251 e. The molecule has 168 valence electrons. The van der Waals surface area contributed by atoms with Gasteiger partial charge in [0.05, 0.1) is 25.1 Å². The number of benzene rings is 2. The second-order valence-corrected chi connectivity index (χ2v) is 8.90. The number of amides is 2. The van der Waals surface area contributed by atoms with Gasteiger partial charge in [-0.3, -0.25) is 14.2 Å². The van der Waals surface area contributed by atoms with Crippen molar-refractivity contribution in [3.63, 3.8) is 0 Å². The summed E-state index contributed by atoms with van der Waals surface area (Å²) < 4.78 is 7.13. The molecule has 2 aromatic carbocycles. The van der Waals surface area contributed by atoms with Gasteiger partial charge in [-0.05, 0) is 41.8 Å². The number of methoxy groups -OCH3 is 1. The van der Waals surface area contributed by atoms with Gasteiger partial charge in [-0.15, -0.1) is 11.3 Å². The number of nitrogens with one attached hydrogen (secondary N) is 2. The first-order valence-corrected chi connectivity index (χ1v) is 12.0. The van der Waals surface area contributed by atoms with Gasteiger partial charge in [0.1, 0.15) is 5.75 Å². The van der Waals surface area contributed by atoms with E-state index in [0.717, 1.165) is 10.6 Å². The zero-order chi connectivity index (χ0) is 23.0. The van der Waals surface area contributed by atoms with Crippen LogP contribution in [0.25, 0.3) is 5.69 Å². The van der Waals surface area contributed by atoms with E-state index in [0.29, 0.717) is 28.7 Å². The van der Waals surface area contributed by atoms with Crippen LogP contribution in [0.2, 0.25) is 0 Å². The highest BCUT2D eigenvalue weighted by Gasteiger charge is 2.13. The van der Waals surface area contributed by atoms with Crippen molar-refractivity contribution in [2.24, 2.45) is 0 Å². The van der Waals surface area contributed by atoms with Crippen LogP contribution in [0.4, 0.5) is 5.69 Å². The Labute approximate surface area is 199 Å². The fourth-order valence-electron chi connectivity index (χ4n) is 3.14. The third kappa shape index (κ3) is 5.82. The predicted octanol–water partition coefficient (Wildman–Crippen LogP) is 4.60. The monoisotopic (exact) mass is 478 g/mol. The molecule has 0 unspecified atom stereocenters. The summed E-state index contributed by atoms with van der Waals surface area (Å²) in [6.45, 7) is 0.494. The third-order valence-electron chi connectivity index (χ3n) is 4.71. The van der Waals surface area contributed by atoms with Crippen LogP contribution in [0.1, 0.15) is 15.2 Å². The lowest BCUT2D eigenvalue weighted by Crippen LogP contribution is -2.22. The number of hydrogen-bond donors (Lipinski definition) is 2. The molecule has 2 heterocycles. The van der Waals surface area contributed by atoms with Gasteiger partial charge in [0.15, 0.2) is 5.16 Å². The summed E-state index contributed by atoms with van der Waals surface area (Å²) >= 11 is 2.92. The Balaban J connectivity index is 1.40.